The first kappa shape index (κ1) is 17.6. The Morgan fingerprint density at radius 1 is 0.923 bits per heavy atom. The molecule has 26 heavy (non-hydrogen) atoms. The number of benzene rings is 2. The van der Waals surface area contributed by atoms with Crippen LogP contribution in [0.1, 0.15) is 33.6 Å². The van der Waals surface area contributed by atoms with E-state index in [0.29, 0.717) is 0 Å². The summed E-state index contributed by atoms with van der Waals surface area (Å²) in [5, 5.41) is 2.80. The molecule has 0 aromatic heterocycles. The second-order valence-corrected chi connectivity index (χ2v) is 12.8. The number of hydrogen-bond donors (Lipinski definition) is 0. The first-order chi connectivity index (χ1) is 12.5. The van der Waals surface area contributed by atoms with Crippen LogP contribution in [-0.4, -0.2) is 32.4 Å². The first-order valence-electron chi connectivity index (χ1n) is 9.73. The van der Waals surface area contributed by atoms with Crippen LogP contribution in [0.15, 0.2) is 72.4 Å². The highest BCUT2D eigenvalue weighted by atomic mass is 28.4. The summed E-state index contributed by atoms with van der Waals surface area (Å²) in [7, 11) is -2.42. The van der Waals surface area contributed by atoms with E-state index >= 15 is 0 Å². The van der Waals surface area contributed by atoms with Crippen molar-refractivity contribution in [3.05, 3.63) is 72.4 Å². The highest BCUT2D eigenvalue weighted by molar-refractivity contribution is 6.99. The van der Waals surface area contributed by atoms with Gasteiger partial charge in [-0.05, 0) is 21.8 Å². The summed E-state index contributed by atoms with van der Waals surface area (Å²) in [6, 6.07) is 21.9. The average molecular weight is 364 g/mol. The van der Waals surface area contributed by atoms with Gasteiger partial charge in [0.2, 0.25) is 0 Å². The maximum Gasteiger partial charge on any atom is 0.261 e. The molecule has 136 valence electrons. The summed E-state index contributed by atoms with van der Waals surface area (Å²) in [6.07, 6.45) is 4.94. The first-order valence-corrected chi connectivity index (χ1v) is 11.6. The van der Waals surface area contributed by atoms with E-state index < -0.39 is 8.32 Å². The fourth-order valence-corrected chi connectivity index (χ4v) is 9.32. The molecule has 0 N–H and O–H groups in total. The third kappa shape index (κ3) is 2.93. The van der Waals surface area contributed by atoms with E-state index in [4.69, 9.17) is 4.43 Å². The van der Waals surface area contributed by atoms with Gasteiger partial charge < -0.3 is 9.33 Å². The molecule has 4 rings (SSSR count). The Balaban J connectivity index is 1.80. The van der Waals surface area contributed by atoms with Gasteiger partial charge in [0.05, 0.1) is 6.10 Å². The Morgan fingerprint density at radius 2 is 1.50 bits per heavy atom. The fourth-order valence-electron chi connectivity index (χ4n) is 4.64. The fraction of sp³-hybridized carbons (Fsp3) is 0.391. The number of nitrogens with zero attached hydrogens (tertiary/aromatic N) is 1. The van der Waals surface area contributed by atoms with Crippen molar-refractivity contribution in [1.82, 2.24) is 4.90 Å². The minimum atomic E-state index is -2.42. The van der Waals surface area contributed by atoms with Crippen LogP contribution in [0.2, 0.25) is 5.04 Å². The third-order valence-corrected chi connectivity index (χ3v) is 10.9. The van der Waals surface area contributed by atoms with E-state index in [1.54, 1.807) is 0 Å². The molecule has 0 bridgehead atoms. The predicted octanol–water partition coefficient (Wildman–Crippen LogP) is 3.92. The van der Waals surface area contributed by atoms with E-state index in [1.807, 2.05) is 0 Å². The second kappa shape index (κ2) is 6.71. The van der Waals surface area contributed by atoms with Gasteiger partial charge in [-0.15, -0.1) is 0 Å². The van der Waals surface area contributed by atoms with Gasteiger partial charge in [-0.2, -0.15) is 0 Å². The Bertz CT molecular complexity index is 739. The van der Waals surface area contributed by atoms with Crippen LogP contribution in [-0.2, 0) is 4.43 Å². The molecule has 2 heterocycles. The van der Waals surface area contributed by atoms with Crippen molar-refractivity contribution in [3.63, 3.8) is 0 Å². The molecule has 1 fully saturated rings. The average Bonchev–Trinajstić information content (AvgIpc) is 3.21. The van der Waals surface area contributed by atoms with Crippen molar-refractivity contribution in [2.24, 2.45) is 0 Å². The monoisotopic (exact) mass is 363 g/mol. The normalized spacial score (nSPS) is 20.2. The second-order valence-electron chi connectivity index (χ2n) is 8.54. The molecule has 2 aromatic rings. The standard InChI is InChI=1S/C23H29NOSi/c1-23(2,3)26(21-12-6-4-7-13-21,22-14-8-5-9-15-22)25-20-17-19-11-10-16-24(19)18-20/h4-9,11-15,20H,10,16-18H2,1-3H3/t20-/m0/s1. The molecule has 0 amide bonds. The lowest BCUT2D eigenvalue weighted by Gasteiger charge is -2.44. The van der Waals surface area contributed by atoms with Gasteiger partial charge in [0.15, 0.2) is 0 Å². The van der Waals surface area contributed by atoms with Crippen molar-refractivity contribution >= 4 is 18.7 Å². The summed E-state index contributed by atoms with van der Waals surface area (Å²) >= 11 is 0. The molecular weight excluding hydrogens is 334 g/mol. The highest BCUT2D eigenvalue weighted by Gasteiger charge is 2.52. The Labute approximate surface area is 158 Å². The van der Waals surface area contributed by atoms with Gasteiger partial charge in [-0.1, -0.05) is 87.5 Å². The minimum Gasteiger partial charge on any atom is -0.402 e. The van der Waals surface area contributed by atoms with Crippen LogP contribution in [0.3, 0.4) is 0 Å². The van der Waals surface area contributed by atoms with Crippen molar-refractivity contribution < 1.29 is 4.43 Å². The van der Waals surface area contributed by atoms with E-state index in [1.165, 1.54) is 22.5 Å². The van der Waals surface area contributed by atoms with Gasteiger partial charge in [-0.3, -0.25) is 0 Å². The minimum absolute atomic E-state index is 0.0527. The van der Waals surface area contributed by atoms with E-state index in [2.05, 4.69) is 92.4 Å². The Kier molecular flexibility index (Phi) is 4.53. The van der Waals surface area contributed by atoms with Crippen LogP contribution in [0, 0.1) is 0 Å². The maximum atomic E-state index is 7.23. The largest absolute Gasteiger partial charge is 0.402 e. The molecule has 0 unspecified atom stereocenters. The summed E-state index contributed by atoms with van der Waals surface area (Å²) in [5.74, 6) is 0. The molecule has 3 heteroatoms. The summed E-state index contributed by atoms with van der Waals surface area (Å²) in [5.41, 5.74) is 1.49. The number of hydrogen-bond acceptors (Lipinski definition) is 2. The van der Waals surface area contributed by atoms with Gasteiger partial charge in [0.1, 0.15) is 0 Å². The van der Waals surface area contributed by atoms with Crippen LogP contribution in [0.5, 0.6) is 0 Å². The van der Waals surface area contributed by atoms with Crippen molar-refractivity contribution in [1.29, 1.82) is 0 Å². The van der Waals surface area contributed by atoms with Crippen LogP contribution >= 0.6 is 0 Å². The maximum absolute atomic E-state index is 7.23. The van der Waals surface area contributed by atoms with Gasteiger partial charge >= 0.3 is 0 Å². The molecule has 0 spiro atoms. The third-order valence-electron chi connectivity index (χ3n) is 5.81. The molecule has 1 atom stereocenters. The van der Waals surface area contributed by atoms with E-state index in [-0.39, 0.29) is 11.1 Å². The smallest absolute Gasteiger partial charge is 0.261 e. The topological polar surface area (TPSA) is 12.5 Å². The molecule has 2 nitrogen and oxygen atoms in total. The van der Waals surface area contributed by atoms with E-state index in [0.717, 1.165) is 19.5 Å². The molecule has 0 radical (unpaired) electrons. The highest BCUT2D eigenvalue weighted by Crippen LogP contribution is 2.40. The predicted molar refractivity (Wildman–Crippen MR) is 111 cm³/mol. The van der Waals surface area contributed by atoms with Crippen molar-refractivity contribution in [3.8, 4) is 0 Å². The molecule has 1 saturated heterocycles. The van der Waals surface area contributed by atoms with Crippen molar-refractivity contribution in [2.75, 3.05) is 13.1 Å². The zero-order valence-electron chi connectivity index (χ0n) is 16.1. The van der Waals surface area contributed by atoms with Crippen LogP contribution in [0.25, 0.3) is 0 Å². The summed E-state index contributed by atoms with van der Waals surface area (Å²) in [6.45, 7) is 9.27. The zero-order chi connectivity index (χ0) is 18.2. The number of fused-ring (bicyclic) bond motifs is 1. The molecule has 2 aliphatic heterocycles. The lowest BCUT2D eigenvalue weighted by molar-refractivity contribution is 0.189. The van der Waals surface area contributed by atoms with Gasteiger partial charge in [0.25, 0.3) is 8.32 Å². The quantitative estimate of drug-likeness (QED) is 0.763. The Hall–Kier alpha value is -1.84. The molecule has 2 aromatic carbocycles. The zero-order valence-corrected chi connectivity index (χ0v) is 17.1. The van der Waals surface area contributed by atoms with E-state index in [9.17, 15) is 0 Å². The number of rotatable bonds is 4. The SMILES string of the molecule is CC(C)(C)[Si](O[C@H]1CC2=CCCN2C1)(c1ccccc1)c1ccccc1. The summed E-state index contributed by atoms with van der Waals surface area (Å²) < 4.78 is 7.23. The van der Waals surface area contributed by atoms with Crippen molar-refractivity contribution in [2.45, 2.75) is 44.8 Å². The van der Waals surface area contributed by atoms with Crippen LogP contribution in [0.4, 0.5) is 0 Å². The lowest BCUT2D eigenvalue weighted by Crippen LogP contribution is -2.67. The molecule has 0 saturated carbocycles. The lowest BCUT2D eigenvalue weighted by atomic mass is 10.2. The Morgan fingerprint density at radius 3 is 2.00 bits per heavy atom. The molecule has 2 aliphatic rings. The van der Waals surface area contributed by atoms with Gasteiger partial charge in [-0.25, -0.2) is 0 Å². The molecular formula is C23H29NOSi. The summed E-state index contributed by atoms with van der Waals surface area (Å²) in [4.78, 5) is 2.52. The van der Waals surface area contributed by atoms with Gasteiger partial charge in [0, 0.05) is 25.2 Å². The van der Waals surface area contributed by atoms with Crippen LogP contribution < -0.4 is 10.4 Å². The molecule has 0 aliphatic carbocycles.